The summed E-state index contributed by atoms with van der Waals surface area (Å²) in [6, 6.07) is 8.28. The van der Waals surface area contributed by atoms with E-state index in [-0.39, 0.29) is 17.5 Å². The standard InChI is InChI=1S/C17H15N5S/c1-22-4-2-12-13(6-18)16(21)17(9-19,10-20)15(14(12)7-22)11-3-5-23-8-11/h2-3,5,8,13-15,21H,4,7H2,1H3/p+1/t13?,14-,15+/m1/s1. The minimum absolute atomic E-state index is 0.0589. The molecule has 23 heavy (non-hydrogen) atoms. The third-order valence-corrected chi connectivity index (χ3v) is 5.68. The summed E-state index contributed by atoms with van der Waals surface area (Å²) in [6.07, 6.45) is 2.03. The van der Waals surface area contributed by atoms with Crippen LogP contribution in [0.25, 0.3) is 0 Å². The Morgan fingerprint density at radius 3 is 2.65 bits per heavy atom. The summed E-state index contributed by atoms with van der Waals surface area (Å²) in [5, 5.41) is 41.5. The molecular formula is C17H16N5S+. The Balaban J connectivity index is 2.25. The number of fused-ring (bicyclic) bond motifs is 1. The van der Waals surface area contributed by atoms with Crippen LogP contribution in [0, 0.1) is 56.7 Å². The lowest BCUT2D eigenvalue weighted by Crippen LogP contribution is -3.10. The van der Waals surface area contributed by atoms with E-state index in [9.17, 15) is 15.8 Å². The van der Waals surface area contributed by atoms with Gasteiger partial charge in [-0.05, 0) is 34.0 Å². The van der Waals surface area contributed by atoms with Crippen LogP contribution in [0.15, 0.2) is 28.5 Å². The third kappa shape index (κ3) is 2.10. The van der Waals surface area contributed by atoms with E-state index in [1.165, 1.54) is 16.2 Å². The topological polar surface area (TPSA) is 99.7 Å². The Morgan fingerprint density at radius 2 is 2.09 bits per heavy atom. The summed E-state index contributed by atoms with van der Waals surface area (Å²) < 4.78 is 0. The molecule has 6 heteroatoms. The lowest BCUT2D eigenvalue weighted by atomic mass is 9.54. The lowest BCUT2D eigenvalue weighted by Gasteiger charge is -2.45. The van der Waals surface area contributed by atoms with Crippen molar-refractivity contribution in [1.29, 1.82) is 21.2 Å². The third-order valence-electron chi connectivity index (χ3n) is 4.98. The van der Waals surface area contributed by atoms with Crippen molar-refractivity contribution < 1.29 is 4.90 Å². The maximum absolute atomic E-state index is 9.81. The van der Waals surface area contributed by atoms with Crippen LogP contribution in [0.1, 0.15) is 11.5 Å². The highest BCUT2D eigenvalue weighted by molar-refractivity contribution is 7.08. The van der Waals surface area contributed by atoms with Crippen molar-refractivity contribution in [3.63, 3.8) is 0 Å². The van der Waals surface area contributed by atoms with Crippen molar-refractivity contribution in [2.75, 3.05) is 20.1 Å². The summed E-state index contributed by atoms with van der Waals surface area (Å²) in [6.45, 7) is 1.57. The Hall–Kier alpha value is -2.46. The molecule has 0 radical (unpaired) electrons. The number of nitrogens with zero attached hydrogens (tertiary/aromatic N) is 3. The van der Waals surface area contributed by atoms with E-state index in [1.54, 1.807) is 0 Å². The predicted molar refractivity (Wildman–Crippen MR) is 85.7 cm³/mol. The van der Waals surface area contributed by atoms with Gasteiger partial charge in [-0.2, -0.15) is 27.1 Å². The van der Waals surface area contributed by atoms with Crippen LogP contribution in [0.3, 0.4) is 0 Å². The van der Waals surface area contributed by atoms with Crippen LogP contribution >= 0.6 is 11.3 Å². The Labute approximate surface area is 139 Å². The van der Waals surface area contributed by atoms with E-state index in [2.05, 4.69) is 25.3 Å². The zero-order valence-electron chi connectivity index (χ0n) is 12.7. The highest BCUT2D eigenvalue weighted by Crippen LogP contribution is 2.52. The van der Waals surface area contributed by atoms with E-state index in [0.29, 0.717) is 0 Å². The Morgan fingerprint density at radius 1 is 1.35 bits per heavy atom. The first-order chi connectivity index (χ1) is 11.1. The fraction of sp³-hybridized carbons (Fsp3) is 0.412. The Kier molecular flexibility index (Phi) is 3.78. The number of thiophene rings is 1. The zero-order chi connectivity index (χ0) is 16.6. The van der Waals surface area contributed by atoms with Crippen molar-refractivity contribution in [2.45, 2.75) is 5.92 Å². The number of nitrogens with one attached hydrogen (secondary N) is 2. The molecule has 0 saturated heterocycles. The molecule has 3 rings (SSSR count). The molecule has 2 unspecified atom stereocenters. The molecule has 0 bridgehead atoms. The first-order valence-electron chi connectivity index (χ1n) is 7.43. The van der Waals surface area contributed by atoms with E-state index < -0.39 is 11.3 Å². The normalized spacial score (nSPS) is 31.9. The molecular weight excluding hydrogens is 306 g/mol. The van der Waals surface area contributed by atoms with Gasteiger partial charge in [-0.25, -0.2) is 0 Å². The molecule has 1 aliphatic heterocycles. The van der Waals surface area contributed by atoms with Gasteiger partial charge in [-0.3, -0.25) is 0 Å². The smallest absolute Gasteiger partial charge is 0.190 e. The SMILES string of the molecule is C[NH+]1CC=C2C(C#N)C(=N)C(C#N)(C#N)[C@@H](c3ccsc3)[C@@H]2C1. The highest BCUT2D eigenvalue weighted by atomic mass is 32.1. The van der Waals surface area contributed by atoms with Gasteiger partial charge in [-0.1, -0.05) is 0 Å². The van der Waals surface area contributed by atoms with Gasteiger partial charge in [0.1, 0.15) is 5.92 Å². The number of hydrogen-bond acceptors (Lipinski definition) is 5. The van der Waals surface area contributed by atoms with Crippen molar-refractivity contribution in [3.8, 4) is 18.2 Å². The molecule has 1 aromatic rings. The second kappa shape index (κ2) is 5.63. The average molecular weight is 322 g/mol. The van der Waals surface area contributed by atoms with Crippen molar-refractivity contribution >= 4 is 17.0 Å². The molecule has 4 atom stereocenters. The average Bonchev–Trinajstić information content (AvgIpc) is 3.08. The largest absolute Gasteiger partial charge is 0.334 e. The molecule has 0 spiro atoms. The van der Waals surface area contributed by atoms with E-state index in [4.69, 9.17) is 5.41 Å². The fourth-order valence-electron chi connectivity index (χ4n) is 3.88. The number of nitriles is 3. The van der Waals surface area contributed by atoms with Gasteiger partial charge in [0.15, 0.2) is 5.41 Å². The molecule has 2 heterocycles. The molecule has 0 aromatic carbocycles. The summed E-state index contributed by atoms with van der Waals surface area (Å²) >= 11 is 1.52. The monoisotopic (exact) mass is 322 g/mol. The fourth-order valence-corrected chi connectivity index (χ4v) is 4.58. The van der Waals surface area contributed by atoms with E-state index in [1.807, 2.05) is 22.9 Å². The number of quaternary nitrogens is 1. The minimum Gasteiger partial charge on any atom is -0.334 e. The minimum atomic E-state index is -1.57. The molecule has 1 fully saturated rings. The van der Waals surface area contributed by atoms with Crippen LogP contribution < -0.4 is 4.90 Å². The first-order valence-corrected chi connectivity index (χ1v) is 8.37. The van der Waals surface area contributed by atoms with Gasteiger partial charge in [0.2, 0.25) is 0 Å². The summed E-state index contributed by atoms with van der Waals surface area (Å²) in [7, 11) is 2.07. The van der Waals surface area contributed by atoms with Crippen LogP contribution in [0.5, 0.6) is 0 Å². The van der Waals surface area contributed by atoms with Gasteiger partial charge in [-0.15, -0.1) is 0 Å². The second-order valence-electron chi connectivity index (χ2n) is 6.22. The molecule has 5 nitrogen and oxygen atoms in total. The van der Waals surface area contributed by atoms with Crippen molar-refractivity contribution in [1.82, 2.24) is 0 Å². The molecule has 1 aliphatic carbocycles. The van der Waals surface area contributed by atoms with Crippen LogP contribution in [0.4, 0.5) is 0 Å². The lowest BCUT2D eigenvalue weighted by molar-refractivity contribution is -0.878. The molecule has 1 aromatic heterocycles. The molecule has 1 saturated carbocycles. The van der Waals surface area contributed by atoms with Gasteiger partial charge in [0.25, 0.3) is 0 Å². The molecule has 114 valence electrons. The first kappa shape index (κ1) is 15.4. The van der Waals surface area contributed by atoms with Gasteiger partial charge < -0.3 is 10.3 Å². The van der Waals surface area contributed by atoms with Gasteiger partial charge >= 0.3 is 0 Å². The second-order valence-corrected chi connectivity index (χ2v) is 7.00. The van der Waals surface area contributed by atoms with Gasteiger partial charge in [0.05, 0.1) is 44.1 Å². The number of likely N-dealkylation sites (N-methyl/N-ethyl adjacent to an activating group) is 1. The van der Waals surface area contributed by atoms with Gasteiger partial charge in [0, 0.05) is 11.8 Å². The maximum atomic E-state index is 9.81. The molecule has 0 amide bonds. The summed E-state index contributed by atoms with van der Waals surface area (Å²) in [4.78, 5) is 1.29. The van der Waals surface area contributed by atoms with Crippen molar-refractivity contribution in [3.05, 3.63) is 34.0 Å². The number of rotatable bonds is 1. The van der Waals surface area contributed by atoms with E-state index >= 15 is 0 Å². The maximum Gasteiger partial charge on any atom is 0.190 e. The molecule has 2 aliphatic rings. The highest BCUT2D eigenvalue weighted by Gasteiger charge is 2.58. The predicted octanol–water partition coefficient (Wildman–Crippen LogP) is 1.11. The Bertz CT molecular complexity index is 772. The number of hydrogen-bond donors (Lipinski definition) is 2. The zero-order valence-corrected chi connectivity index (χ0v) is 13.5. The van der Waals surface area contributed by atoms with Crippen LogP contribution in [-0.4, -0.2) is 25.8 Å². The van der Waals surface area contributed by atoms with Crippen molar-refractivity contribution in [2.24, 2.45) is 17.3 Å². The van der Waals surface area contributed by atoms with Crippen LogP contribution in [0.2, 0.25) is 0 Å². The molecule has 2 N–H and O–H groups in total. The summed E-state index contributed by atoms with van der Waals surface area (Å²) in [5.74, 6) is -1.21. The summed E-state index contributed by atoms with van der Waals surface area (Å²) in [5.41, 5.74) is 0.203. The van der Waals surface area contributed by atoms with E-state index in [0.717, 1.165) is 24.2 Å². The quantitative estimate of drug-likeness (QED) is 0.757. The van der Waals surface area contributed by atoms with Crippen LogP contribution in [-0.2, 0) is 0 Å².